The molecule has 16 heteroatoms. The minimum atomic E-state index is -4.92. The predicted octanol–water partition coefficient (Wildman–Crippen LogP) is 12.2. The third-order valence-corrected chi connectivity index (χ3v) is 12.3. The van der Waals surface area contributed by atoms with E-state index >= 15 is 0 Å². The predicted molar refractivity (Wildman–Crippen MR) is 245 cm³/mol. The number of nitrogens with one attached hydrogen (secondary N) is 1. The molecule has 2 atom stereocenters. The van der Waals surface area contributed by atoms with Crippen LogP contribution in [0.1, 0.15) is 81.6 Å². The molecule has 3 aliphatic rings. The number of hydrogen-bond donors (Lipinski definition) is 3. The molecule has 0 amide bonds. The van der Waals surface area contributed by atoms with Crippen molar-refractivity contribution >= 4 is 33.2 Å². The van der Waals surface area contributed by atoms with Crippen LogP contribution in [-0.2, 0) is 28.4 Å². The van der Waals surface area contributed by atoms with Crippen LogP contribution in [0.25, 0.3) is 21.8 Å². The van der Waals surface area contributed by atoms with Crippen LogP contribution in [0.4, 0.5) is 46.5 Å². The number of hydrogen-bond acceptors (Lipinski definition) is 8. The number of alkyl halides is 6. The van der Waals surface area contributed by atoms with Gasteiger partial charge in [-0.1, -0.05) is 47.3 Å². The smallest absolute Gasteiger partial charge is 0.419 e. The number of benzene rings is 4. The van der Waals surface area contributed by atoms with Gasteiger partial charge in [-0.2, -0.15) is 26.3 Å². The molecule has 0 unspecified atom stereocenters. The van der Waals surface area contributed by atoms with Gasteiger partial charge in [0.15, 0.2) is 11.2 Å². The maximum Gasteiger partial charge on any atom is 0.419 e. The van der Waals surface area contributed by atoms with Crippen LogP contribution < -0.4 is 20.5 Å². The van der Waals surface area contributed by atoms with Crippen LogP contribution >= 0.6 is 0 Å². The molecule has 9 rings (SSSR count). The lowest BCUT2D eigenvalue weighted by molar-refractivity contribution is -0.260. The highest BCUT2D eigenvalue weighted by molar-refractivity contribution is 5.91. The number of aliphatic hydroxyl groups is 1. The largest absolute Gasteiger partial charge is 0.493 e. The van der Waals surface area contributed by atoms with Crippen molar-refractivity contribution in [3.63, 3.8) is 0 Å². The number of aromatic nitrogens is 2. The van der Waals surface area contributed by atoms with Gasteiger partial charge in [-0.3, -0.25) is 9.97 Å². The zero-order valence-electron chi connectivity index (χ0n) is 37.4. The molecule has 0 radical (unpaired) electrons. The lowest BCUT2D eigenvalue weighted by Crippen LogP contribution is -2.53. The molecule has 67 heavy (non-hydrogen) atoms. The molecule has 0 bridgehead atoms. The van der Waals surface area contributed by atoms with Gasteiger partial charge in [0.1, 0.15) is 23.1 Å². The fraction of sp³-hybridized carbons (Fsp3) is 0.412. The standard InChI is InChI=1S/C25H26F4N2O2.C15H16F4O2.C10H10N2.CH4/c1-15-7-8-18-20(5-4-6-21(18)31-15)30-14-24(32,25(27,28)29)13-23(2,3)19-12-17(26)11-16-9-10-33-22(16)19;1-13(2,7-14(8-21-14)15(17,18)19)11-6-10(16)5-9-3-4-20-12(9)11;1-7-5-6-8-9(11)3-2-4-10(8)12-7;/h4-8,11-12,30,32H,9-10,13-14H2,1-3H3;5-6H,3-4,7-8H2,1-2H3;2-6H,11H2,1H3;1H4/t24-;14-;;/m11../s1. The Morgan fingerprint density at radius 2 is 1.19 bits per heavy atom. The van der Waals surface area contributed by atoms with Gasteiger partial charge in [0.2, 0.25) is 0 Å². The molecule has 0 aliphatic carbocycles. The fourth-order valence-corrected chi connectivity index (χ4v) is 8.83. The zero-order chi connectivity index (χ0) is 48.0. The normalized spacial score (nSPS) is 17.4. The number of anilines is 2. The Morgan fingerprint density at radius 1 is 0.701 bits per heavy atom. The summed E-state index contributed by atoms with van der Waals surface area (Å²) >= 11 is 0. The first-order chi connectivity index (χ1) is 30.8. The Hall–Kier alpha value is -5.74. The summed E-state index contributed by atoms with van der Waals surface area (Å²) in [4.78, 5) is 8.75. The second-order valence-electron chi connectivity index (χ2n) is 18.6. The first-order valence-corrected chi connectivity index (χ1v) is 21.4. The molecular weight excluding hydrogens is 885 g/mol. The van der Waals surface area contributed by atoms with Crippen molar-refractivity contribution in [3.05, 3.63) is 130 Å². The molecule has 0 spiro atoms. The van der Waals surface area contributed by atoms with Crippen LogP contribution in [0.2, 0.25) is 0 Å². The molecule has 0 saturated carbocycles. The molecule has 4 aromatic carbocycles. The van der Waals surface area contributed by atoms with Crippen molar-refractivity contribution in [2.75, 3.05) is 37.4 Å². The third-order valence-electron chi connectivity index (χ3n) is 12.3. The Balaban J connectivity index is 0.000000185. The Labute approximate surface area is 384 Å². The first-order valence-electron chi connectivity index (χ1n) is 21.4. The summed E-state index contributed by atoms with van der Waals surface area (Å²) in [6, 6.07) is 23.6. The quantitative estimate of drug-likeness (QED) is 0.0746. The van der Waals surface area contributed by atoms with Crippen LogP contribution in [0.5, 0.6) is 11.5 Å². The molecule has 360 valence electrons. The van der Waals surface area contributed by atoms with Crippen molar-refractivity contribution in [3.8, 4) is 11.5 Å². The number of rotatable bonds is 9. The van der Waals surface area contributed by atoms with Gasteiger partial charge in [-0.05, 0) is 110 Å². The molecule has 6 aromatic rings. The summed E-state index contributed by atoms with van der Waals surface area (Å²) in [5.74, 6) is -0.0385. The second-order valence-corrected chi connectivity index (χ2v) is 18.6. The van der Waals surface area contributed by atoms with Crippen LogP contribution in [0.15, 0.2) is 84.9 Å². The molecule has 3 aliphatic heterocycles. The van der Waals surface area contributed by atoms with E-state index in [1.54, 1.807) is 58.0 Å². The number of aryl methyl sites for hydroxylation is 2. The molecule has 1 fully saturated rings. The van der Waals surface area contributed by atoms with Gasteiger partial charge in [0.25, 0.3) is 0 Å². The Bertz CT molecular complexity index is 2750. The van der Waals surface area contributed by atoms with Crippen molar-refractivity contribution in [2.45, 2.75) is 109 Å². The molecule has 1 saturated heterocycles. The minimum absolute atomic E-state index is 0. The van der Waals surface area contributed by atoms with Gasteiger partial charge < -0.3 is 30.4 Å². The van der Waals surface area contributed by atoms with E-state index in [1.165, 1.54) is 24.3 Å². The van der Waals surface area contributed by atoms with E-state index in [-0.39, 0.29) is 20.5 Å². The minimum Gasteiger partial charge on any atom is -0.493 e. The lowest BCUT2D eigenvalue weighted by Gasteiger charge is -2.38. The van der Waals surface area contributed by atoms with Crippen molar-refractivity contribution in [1.29, 1.82) is 0 Å². The van der Waals surface area contributed by atoms with Crippen molar-refractivity contribution in [2.24, 2.45) is 0 Å². The highest BCUT2D eigenvalue weighted by atomic mass is 19.4. The first kappa shape index (κ1) is 50.7. The van der Waals surface area contributed by atoms with E-state index in [2.05, 4.69) is 15.3 Å². The summed E-state index contributed by atoms with van der Waals surface area (Å²) in [5, 5.41) is 15.4. The number of pyridine rings is 2. The van der Waals surface area contributed by atoms with E-state index in [0.29, 0.717) is 70.8 Å². The highest BCUT2D eigenvalue weighted by Crippen LogP contribution is 2.53. The summed E-state index contributed by atoms with van der Waals surface area (Å²) < 4.78 is 125. The third kappa shape index (κ3) is 10.9. The Kier molecular flexibility index (Phi) is 14.2. The van der Waals surface area contributed by atoms with Crippen molar-refractivity contribution < 1.29 is 54.4 Å². The lowest BCUT2D eigenvalue weighted by atomic mass is 9.74. The number of nitrogens with two attached hydrogens (primary N) is 1. The number of ether oxygens (including phenoxy) is 3. The number of fused-ring (bicyclic) bond motifs is 4. The summed E-state index contributed by atoms with van der Waals surface area (Å²) in [5.41, 5.74) is 5.27. The van der Waals surface area contributed by atoms with Gasteiger partial charge in [-0.25, -0.2) is 8.78 Å². The highest BCUT2D eigenvalue weighted by Gasteiger charge is 2.67. The van der Waals surface area contributed by atoms with Crippen molar-refractivity contribution in [1.82, 2.24) is 9.97 Å². The van der Waals surface area contributed by atoms with Crippen LogP contribution in [0, 0.1) is 25.5 Å². The topological polar surface area (TPSA) is 115 Å². The van der Waals surface area contributed by atoms with E-state index in [0.717, 1.165) is 33.5 Å². The Morgan fingerprint density at radius 3 is 1.70 bits per heavy atom. The maximum absolute atomic E-state index is 14.2. The molecule has 4 N–H and O–H groups in total. The SMILES string of the molecule is C.CC(C)(C[C@]1(C(F)(F)F)CO1)c1cc(F)cc2c1OCC2.Cc1ccc2c(N)cccc2n1.Cc1ccc2c(NC[C@](O)(CC(C)(C)c3cc(F)cc4c3OCC4)C(F)(F)F)cccc2n1. The number of nitrogens with zero attached hydrogens (tertiary/aromatic N) is 2. The summed E-state index contributed by atoms with van der Waals surface area (Å²) in [6.07, 6.45) is -9.19. The van der Waals surface area contributed by atoms with E-state index in [1.807, 2.05) is 44.2 Å². The number of epoxide rings is 1. The average molecular weight is 941 g/mol. The monoisotopic (exact) mass is 940 g/mol. The van der Waals surface area contributed by atoms with E-state index in [4.69, 9.17) is 19.9 Å². The van der Waals surface area contributed by atoms with Gasteiger partial charge >= 0.3 is 12.4 Å². The summed E-state index contributed by atoms with van der Waals surface area (Å²) in [6.45, 7) is 9.93. The van der Waals surface area contributed by atoms with Crippen LogP contribution in [0.3, 0.4) is 0 Å². The molecule has 5 heterocycles. The fourth-order valence-electron chi connectivity index (χ4n) is 8.83. The molecule has 8 nitrogen and oxygen atoms in total. The van der Waals surface area contributed by atoms with Gasteiger partial charge in [0.05, 0.1) is 37.4 Å². The summed E-state index contributed by atoms with van der Waals surface area (Å²) in [7, 11) is 0. The molecule has 2 aromatic heterocycles. The molecular formula is C51H56F8N4O4. The second kappa shape index (κ2) is 18.7. The van der Waals surface area contributed by atoms with Crippen LogP contribution in [-0.4, -0.2) is 65.0 Å². The average Bonchev–Trinajstić information content (AvgIpc) is 3.61. The number of nitrogen functional groups attached to an aromatic ring is 1. The van der Waals surface area contributed by atoms with Gasteiger partial charge in [0, 0.05) is 68.6 Å². The van der Waals surface area contributed by atoms with E-state index < -0.39 is 59.0 Å². The maximum atomic E-state index is 14.2. The number of halogens is 8. The zero-order valence-corrected chi connectivity index (χ0v) is 37.4. The van der Waals surface area contributed by atoms with E-state index in [9.17, 15) is 40.2 Å². The van der Waals surface area contributed by atoms with Gasteiger partial charge in [-0.15, -0.1) is 0 Å².